The molecule has 78 valence electrons. The van der Waals surface area contributed by atoms with Gasteiger partial charge in [-0.05, 0) is 29.8 Å². The molecule has 0 aliphatic rings. The minimum absolute atomic E-state index is 0.176. The summed E-state index contributed by atoms with van der Waals surface area (Å²) in [4.78, 5) is 8.72. The van der Waals surface area contributed by atoms with Crippen molar-refractivity contribution in [1.29, 1.82) is 0 Å². The topological polar surface area (TPSA) is 25.8 Å². The van der Waals surface area contributed by atoms with Crippen LogP contribution in [0.5, 0.6) is 0 Å². The van der Waals surface area contributed by atoms with E-state index < -0.39 is 0 Å². The van der Waals surface area contributed by atoms with Crippen molar-refractivity contribution in [2.24, 2.45) is 0 Å². The zero-order valence-electron chi connectivity index (χ0n) is 9.18. The fourth-order valence-electron chi connectivity index (χ4n) is 1.03. The van der Waals surface area contributed by atoms with E-state index >= 15 is 0 Å². The molecule has 1 aromatic rings. The summed E-state index contributed by atoms with van der Waals surface area (Å²) in [6, 6.07) is 0. The van der Waals surface area contributed by atoms with Crippen LogP contribution in [0.1, 0.15) is 32.3 Å². The van der Waals surface area contributed by atoms with Crippen LogP contribution in [0.25, 0.3) is 0 Å². The molecule has 0 aliphatic heterocycles. The number of rotatable bonds is 1. The van der Waals surface area contributed by atoms with E-state index in [0.717, 1.165) is 21.0 Å². The minimum Gasteiger partial charge on any atom is -0.237 e. The highest BCUT2D eigenvalue weighted by Crippen LogP contribution is 2.35. The van der Waals surface area contributed by atoms with Crippen molar-refractivity contribution in [3.05, 3.63) is 16.0 Å². The van der Waals surface area contributed by atoms with E-state index in [-0.39, 0.29) is 4.75 Å². The summed E-state index contributed by atoms with van der Waals surface area (Å²) in [6.45, 7) is 10.4. The summed E-state index contributed by atoms with van der Waals surface area (Å²) in [5, 5.41) is 1.03. The highest BCUT2D eigenvalue weighted by molar-refractivity contribution is 9.10. The molecule has 0 bridgehead atoms. The molecule has 1 aromatic heterocycles. The van der Waals surface area contributed by atoms with Crippen LogP contribution < -0.4 is 0 Å². The first-order valence-corrected chi connectivity index (χ1v) is 6.10. The van der Waals surface area contributed by atoms with Gasteiger partial charge >= 0.3 is 0 Å². The van der Waals surface area contributed by atoms with Gasteiger partial charge in [0.05, 0.1) is 10.2 Å². The average molecular weight is 275 g/mol. The molecule has 0 saturated carbocycles. The molecule has 0 aromatic carbocycles. The monoisotopic (exact) mass is 274 g/mol. The second-order valence-electron chi connectivity index (χ2n) is 4.19. The van der Waals surface area contributed by atoms with Crippen molar-refractivity contribution in [1.82, 2.24) is 9.97 Å². The van der Waals surface area contributed by atoms with E-state index in [1.165, 1.54) is 0 Å². The molecule has 0 radical (unpaired) electrons. The first kappa shape index (κ1) is 12.0. The molecule has 0 unspecified atom stereocenters. The van der Waals surface area contributed by atoms with Crippen LogP contribution in [-0.2, 0) is 0 Å². The maximum absolute atomic E-state index is 4.42. The Bertz CT molecular complexity index is 345. The van der Waals surface area contributed by atoms with Crippen LogP contribution in [-0.4, -0.2) is 14.7 Å². The molecule has 0 N–H and O–H groups in total. The molecule has 0 amide bonds. The molecule has 4 heteroatoms. The molecule has 0 fully saturated rings. The number of halogens is 1. The SMILES string of the molecule is Cc1nc(C)c(Br)c(SC(C)(C)C)n1. The second kappa shape index (κ2) is 4.19. The first-order valence-electron chi connectivity index (χ1n) is 4.49. The Hall–Kier alpha value is -0.0900. The number of aromatic nitrogens is 2. The molecule has 0 saturated heterocycles. The maximum Gasteiger partial charge on any atom is 0.126 e. The summed E-state index contributed by atoms with van der Waals surface area (Å²) in [7, 11) is 0. The second-order valence-corrected chi connectivity index (χ2v) is 6.80. The molecule has 2 nitrogen and oxygen atoms in total. The Kier molecular flexibility index (Phi) is 3.58. The molecule has 1 rings (SSSR count). The van der Waals surface area contributed by atoms with Gasteiger partial charge in [-0.3, -0.25) is 0 Å². The van der Waals surface area contributed by atoms with E-state index in [1.54, 1.807) is 11.8 Å². The minimum atomic E-state index is 0.176. The van der Waals surface area contributed by atoms with Gasteiger partial charge in [0.25, 0.3) is 0 Å². The summed E-state index contributed by atoms with van der Waals surface area (Å²) < 4.78 is 1.19. The number of aryl methyl sites for hydroxylation is 2. The molecular formula is C10H15BrN2S. The lowest BCUT2D eigenvalue weighted by Crippen LogP contribution is -2.08. The smallest absolute Gasteiger partial charge is 0.126 e. The highest BCUT2D eigenvalue weighted by atomic mass is 79.9. The van der Waals surface area contributed by atoms with Gasteiger partial charge in [0.2, 0.25) is 0 Å². The van der Waals surface area contributed by atoms with Crippen LogP contribution in [0.2, 0.25) is 0 Å². The van der Waals surface area contributed by atoms with Crippen LogP contribution in [0.3, 0.4) is 0 Å². The third kappa shape index (κ3) is 3.24. The van der Waals surface area contributed by atoms with E-state index in [9.17, 15) is 0 Å². The third-order valence-corrected chi connectivity index (χ3v) is 3.81. The largest absolute Gasteiger partial charge is 0.237 e. The summed E-state index contributed by atoms with van der Waals surface area (Å²) >= 11 is 5.28. The Morgan fingerprint density at radius 3 is 2.21 bits per heavy atom. The highest BCUT2D eigenvalue weighted by Gasteiger charge is 2.17. The van der Waals surface area contributed by atoms with Crippen molar-refractivity contribution >= 4 is 27.7 Å². The zero-order valence-corrected chi connectivity index (χ0v) is 11.6. The number of hydrogen-bond acceptors (Lipinski definition) is 3. The van der Waals surface area contributed by atoms with E-state index in [0.29, 0.717) is 0 Å². The number of thioether (sulfide) groups is 1. The first-order chi connectivity index (χ1) is 6.29. The normalized spacial score (nSPS) is 11.9. The van der Waals surface area contributed by atoms with E-state index in [4.69, 9.17) is 0 Å². The summed E-state index contributed by atoms with van der Waals surface area (Å²) in [5.74, 6) is 0.831. The lowest BCUT2D eigenvalue weighted by atomic mass is 10.3. The van der Waals surface area contributed by atoms with Crippen LogP contribution in [0, 0.1) is 13.8 Å². The van der Waals surface area contributed by atoms with Crippen molar-refractivity contribution < 1.29 is 0 Å². The van der Waals surface area contributed by atoms with Gasteiger partial charge in [-0.1, -0.05) is 32.5 Å². The zero-order chi connectivity index (χ0) is 10.9. The van der Waals surface area contributed by atoms with Gasteiger partial charge in [0, 0.05) is 4.75 Å². The molecular weight excluding hydrogens is 260 g/mol. The fraction of sp³-hybridized carbons (Fsp3) is 0.600. The van der Waals surface area contributed by atoms with Gasteiger partial charge in [0.15, 0.2) is 0 Å². The lowest BCUT2D eigenvalue weighted by molar-refractivity contribution is 0.794. The van der Waals surface area contributed by atoms with Gasteiger partial charge < -0.3 is 0 Å². The quantitative estimate of drug-likeness (QED) is 0.576. The van der Waals surface area contributed by atoms with Crippen LogP contribution in [0.4, 0.5) is 0 Å². The predicted molar refractivity (Wildman–Crippen MR) is 64.8 cm³/mol. The summed E-state index contributed by atoms with van der Waals surface area (Å²) in [5.41, 5.74) is 1.00. The number of nitrogens with zero attached hydrogens (tertiary/aromatic N) is 2. The Balaban J connectivity index is 3.09. The van der Waals surface area contributed by atoms with Crippen molar-refractivity contribution in [2.75, 3.05) is 0 Å². The van der Waals surface area contributed by atoms with Gasteiger partial charge in [-0.2, -0.15) is 0 Å². The fourth-order valence-corrected chi connectivity index (χ4v) is 2.44. The van der Waals surface area contributed by atoms with E-state index in [1.807, 2.05) is 13.8 Å². The molecule has 0 atom stereocenters. The average Bonchev–Trinajstić information content (AvgIpc) is 1.96. The molecule has 14 heavy (non-hydrogen) atoms. The van der Waals surface area contributed by atoms with Crippen molar-refractivity contribution in [3.63, 3.8) is 0 Å². The van der Waals surface area contributed by atoms with Gasteiger partial charge in [-0.15, -0.1) is 0 Å². The summed E-state index contributed by atoms with van der Waals surface area (Å²) in [6.07, 6.45) is 0. The molecule has 1 heterocycles. The Morgan fingerprint density at radius 2 is 1.71 bits per heavy atom. The number of hydrogen-bond donors (Lipinski definition) is 0. The third-order valence-electron chi connectivity index (χ3n) is 1.50. The Morgan fingerprint density at radius 1 is 1.14 bits per heavy atom. The van der Waals surface area contributed by atoms with E-state index in [2.05, 4.69) is 46.7 Å². The van der Waals surface area contributed by atoms with Crippen molar-refractivity contribution in [2.45, 2.75) is 44.4 Å². The molecule has 0 aliphatic carbocycles. The van der Waals surface area contributed by atoms with Gasteiger partial charge in [0.1, 0.15) is 10.9 Å². The van der Waals surface area contributed by atoms with Crippen LogP contribution >= 0.6 is 27.7 Å². The predicted octanol–water partition coefficient (Wildman–Crippen LogP) is 3.75. The van der Waals surface area contributed by atoms with Crippen LogP contribution in [0.15, 0.2) is 9.50 Å². The standard InChI is InChI=1S/C10H15BrN2S/c1-6-8(11)9(13-7(2)12-6)14-10(3,4)5/h1-5H3. The van der Waals surface area contributed by atoms with Gasteiger partial charge in [-0.25, -0.2) is 9.97 Å². The Labute approximate surface area is 98.1 Å². The lowest BCUT2D eigenvalue weighted by Gasteiger charge is -2.18. The molecule has 0 spiro atoms. The van der Waals surface area contributed by atoms with Crippen molar-refractivity contribution in [3.8, 4) is 0 Å². The maximum atomic E-state index is 4.42.